The van der Waals surface area contributed by atoms with E-state index in [1.807, 2.05) is 249 Å². The lowest BCUT2D eigenvalue weighted by molar-refractivity contribution is 0.595. The summed E-state index contributed by atoms with van der Waals surface area (Å²) in [5.41, 5.74) is 17.9. The van der Waals surface area contributed by atoms with Crippen molar-refractivity contribution in [2.45, 2.75) is 351 Å². The predicted molar refractivity (Wildman–Crippen MR) is 555 cm³/mol. The van der Waals surface area contributed by atoms with E-state index in [-0.39, 0.29) is 32.5 Å². The second kappa shape index (κ2) is 84.9. The minimum absolute atomic E-state index is 0.0321. The third-order valence-electron chi connectivity index (χ3n) is 18.0. The van der Waals surface area contributed by atoms with Crippen LogP contribution in [0.3, 0.4) is 0 Å². The summed E-state index contributed by atoms with van der Waals surface area (Å²) in [6.07, 6.45) is 0. The van der Waals surface area contributed by atoms with Crippen LogP contribution < -0.4 is 0 Å². The maximum Gasteiger partial charge on any atom is 0.0423 e. The monoisotopic (exact) mass is 1610 g/mol. The number of benzene rings is 11. The van der Waals surface area contributed by atoms with Gasteiger partial charge in [-0.3, -0.25) is 0 Å². The van der Waals surface area contributed by atoms with Crippen molar-refractivity contribution in [1.82, 2.24) is 0 Å². The lowest BCUT2D eigenvalue weighted by Crippen LogP contribution is -2.26. The summed E-state index contributed by atoms with van der Waals surface area (Å²) in [5.74, 6) is 0. The first-order valence-electron chi connectivity index (χ1n) is 47.2. The van der Waals surface area contributed by atoms with E-state index >= 15 is 0 Å². The highest BCUT2D eigenvalue weighted by molar-refractivity contribution is 5.54. The van der Waals surface area contributed by atoms with Crippen LogP contribution in [0.25, 0.3) is 0 Å². The Kier molecular flexibility index (Phi) is 93.6. The fourth-order valence-electron chi connectivity index (χ4n) is 11.9. The van der Waals surface area contributed by atoms with Crippen molar-refractivity contribution in [3.63, 3.8) is 0 Å². The average Bonchev–Trinajstić information content (AvgIpc) is 1.09. The molecule has 0 bridgehead atoms. The maximum atomic E-state index is 2.44. The predicted octanol–water partition coefficient (Wildman–Crippen LogP) is 39.5. The molecule has 11 rings (SSSR count). The van der Waals surface area contributed by atoms with Crippen molar-refractivity contribution in [2.75, 3.05) is 0 Å². The molecule has 0 heterocycles. The molecule has 0 aliphatic rings. The minimum atomic E-state index is -0.196. The van der Waals surface area contributed by atoms with Crippen LogP contribution >= 0.6 is 0 Å². The molecule has 0 aromatic heterocycles. The molecule has 118 heavy (non-hydrogen) atoms. The van der Waals surface area contributed by atoms with E-state index in [1.165, 1.54) is 77.9 Å². The molecule has 0 radical (unpaired) electrons. The normalized spacial score (nSPS) is 9.27. The topological polar surface area (TPSA) is 0 Å². The number of hydrogen-bond acceptors (Lipinski definition) is 0. The number of rotatable bonds is 14. The van der Waals surface area contributed by atoms with Gasteiger partial charge >= 0.3 is 0 Å². The van der Waals surface area contributed by atoms with Crippen LogP contribution in [0.1, 0.15) is 396 Å². The van der Waals surface area contributed by atoms with Crippen molar-refractivity contribution < 1.29 is 0 Å². The summed E-state index contributed by atoms with van der Waals surface area (Å²) in [4.78, 5) is 0. The van der Waals surface area contributed by atoms with Gasteiger partial charge < -0.3 is 0 Å². The van der Waals surface area contributed by atoms with E-state index in [4.69, 9.17) is 0 Å². The van der Waals surface area contributed by atoms with E-state index < -0.39 is 0 Å². The van der Waals surface area contributed by atoms with E-state index in [0.29, 0.717) is 0 Å². The third kappa shape index (κ3) is 42.4. The molecule has 0 spiro atoms. The standard InChI is InChI=1S/C33H36.C29H28.C20H18.18C2H6/c1-31(2,25-16-10-7-11-17-25)28-22-29(32(3,4)26-18-12-8-13-19-26)24-30(23-28)33(5,6)27-20-14-9-15-21-27;1-28(2,23-13-7-4-8-14-23)24-19-21-27(22-20-24)29(3,25-15-9-5-10-16-25)26-17-11-6-12-18-26;1-20(17-11-5-2-6-12-17,18-13-7-3-8-14-18)19-15-9-4-10-16-19;18*1-2/h7-24H,1-6H3;4-22H,1-3H3;2-16H,1H3;18*1-2H3. The molecule has 0 amide bonds. The lowest BCUT2D eigenvalue weighted by Gasteiger charge is -2.35. The molecular weight excluding hydrogens is 1420 g/mol. The van der Waals surface area contributed by atoms with Gasteiger partial charge in [-0.1, -0.05) is 620 Å². The SMILES string of the molecule is CC.CC.CC.CC.CC.CC.CC.CC.CC.CC.CC.CC.CC.CC.CC.CC.CC.CC.CC(C)(c1ccccc1)c1cc(C(C)(C)c2ccccc2)cc(C(C)(C)c2ccccc2)c1.CC(C)(c1ccccc1)c1ccc(C(C)(c2ccccc2)c2ccccc2)cc1.CC(c1ccccc1)(c1ccccc1)c1ccccc1. The molecule has 0 atom stereocenters. The second-order valence-electron chi connectivity index (χ2n) is 24.4. The second-order valence-corrected chi connectivity index (χ2v) is 24.4. The Morgan fingerprint density at radius 1 is 0.102 bits per heavy atom. The van der Waals surface area contributed by atoms with Crippen LogP contribution in [0, 0.1) is 0 Å². The summed E-state index contributed by atoms with van der Waals surface area (Å²) in [7, 11) is 0. The third-order valence-corrected chi connectivity index (χ3v) is 18.0. The highest BCUT2D eigenvalue weighted by atomic mass is 14.4. The van der Waals surface area contributed by atoms with Gasteiger partial charge in [0.2, 0.25) is 0 Å². The smallest absolute Gasteiger partial charge is 0.0423 e. The summed E-state index contributed by atoms with van der Waals surface area (Å²) >= 11 is 0. The van der Waals surface area contributed by atoms with E-state index in [1.54, 1.807) is 0 Å². The maximum absolute atomic E-state index is 2.44. The van der Waals surface area contributed by atoms with E-state index in [0.717, 1.165) is 0 Å². The summed E-state index contributed by atoms with van der Waals surface area (Å²) in [6, 6.07) is 114. The molecule has 11 aromatic carbocycles. The van der Waals surface area contributed by atoms with Gasteiger partial charge in [-0.05, 0) is 91.7 Å². The highest BCUT2D eigenvalue weighted by Gasteiger charge is 2.35. The van der Waals surface area contributed by atoms with Crippen LogP contribution in [0.15, 0.2) is 315 Å². The summed E-state index contributed by atoms with van der Waals surface area (Å²) < 4.78 is 0. The first kappa shape index (κ1) is 130. The zero-order valence-electron chi connectivity index (χ0n) is 86.0. The quantitative estimate of drug-likeness (QED) is 0.0952. The van der Waals surface area contributed by atoms with Gasteiger partial charge in [0.05, 0.1) is 0 Å². The fourth-order valence-corrected chi connectivity index (χ4v) is 11.9. The largest absolute Gasteiger partial charge is 0.0683 e. The molecule has 0 saturated heterocycles. The molecule has 0 aliphatic heterocycles. The first-order chi connectivity index (χ1) is 57.5. The lowest BCUT2D eigenvalue weighted by atomic mass is 9.69. The zero-order chi connectivity index (χ0) is 93.9. The van der Waals surface area contributed by atoms with Crippen molar-refractivity contribution >= 4 is 0 Å². The van der Waals surface area contributed by atoms with Crippen LogP contribution in [-0.4, -0.2) is 0 Å². The molecule has 0 unspecified atom stereocenters. The first-order valence-corrected chi connectivity index (χ1v) is 47.2. The molecular formula is C118H190. The summed E-state index contributed by atoms with van der Waals surface area (Å²) in [5, 5.41) is 0. The molecule has 0 nitrogen and oxygen atoms in total. The van der Waals surface area contributed by atoms with E-state index in [2.05, 4.69) is 385 Å². The molecule has 0 fully saturated rings. The Balaban J connectivity index is -0.000000157. The Bertz CT molecular complexity index is 3370. The Morgan fingerprint density at radius 2 is 0.186 bits per heavy atom. The average molecular weight is 1610 g/mol. The van der Waals surface area contributed by atoms with Gasteiger partial charge in [-0.2, -0.15) is 0 Å². The molecule has 0 N–H and O–H groups in total. The van der Waals surface area contributed by atoms with Crippen molar-refractivity contribution in [3.8, 4) is 0 Å². The zero-order valence-corrected chi connectivity index (χ0v) is 86.0. The Labute approximate surface area is 739 Å². The molecule has 662 valence electrons. The molecule has 11 aromatic rings. The van der Waals surface area contributed by atoms with Gasteiger partial charge in [-0.25, -0.2) is 0 Å². The van der Waals surface area contributed by atoms with Crippen molar-refractivity contribution in [2.24, 2.45) is 0 Å². The van der Waals surface area contributed by atoms with Gasteiger partial charge in [0, 0.05) is 32.5 Å². The van der Waals surface area contributed by atoms with Gasteiger partial charge in [0.15, 0.2) is 0 Å². The van der Waals surface area contributed by atoms with Crippen LogP contribution in [0.5, 0.6) is 0 Å². The van der Waals surface area contributed by atoms with Crippen LogP contribution in [0.2, 0.25) is 0 Å². The van der Waals surface area contributed by atoms with Crippen molar-refractivity contribution in [1.29, 1.82) is 0 Å². The Hall–Kier alpha value is -8.58. The minimum Gasteiger partial charge on any atom is -0.0683 e. The molecule has 0 heteroatoms. The van der Waals surface area contributed by atoms with Crippen LogP contribution in [-0.2, 0) is 32.5 Å². The summed E-state index contributed by atoms with van der Waals surface area (Å²) in [6.45, 7) is 95.3. The van der Waals surface area contributed by atoms with Crippen LogP contribution in [0.4, 0.5) is 0 Å². The van der Waals surface area contributed by atoms with Gasteiger partial charge in [0.1, 0.15) is 0 Å². The molecule has 0 aliphatic carbocycles. The number of hydrogen-bond donors (Lipinski definition) is 0. The van der Waals surface area contributed by atoms with Crippen molar-refractivity contribution in [3.05, 3.63) is 393 Å². The highest BCUT2D eigenvalue weighted by Crippen LogP contribution is 2.44. The van der Waals surface area contributed by atoms with Gasteiger partial charge in [-0.15, -0.1) is 0 Å². The molecule has 0 saturated carbocycles. The fraction of sp³-hybridized carbons (Fsp3) is 0.441. The van der Waals surface area contributed by atoms with E-state index in [9.17, 15) is 0 Å². The Morgan fingerprint density at radius 3 is 0.314 bits per heavy atom. The van der Waals surface area contributed by atoms with Gasteiger partial charge in [0.25, 0.3) is 0 Å².